The second-order valence-electron chi connectivity index (χ2n) is 7.76. The molecule has 164 valence electrons. The number of halogens is 1. The van der Waals surface area contributed by atoms with Gasteiger partial charge in [0.25, 0.3) is 11.8 Å². The molecule has 2 atom stereocenters. The summed E-state index contributed by atoms with van der Waals surface area (Å²) < 4.78 is 28.3. The van der Waals surface area contributed by atoms with Gasteiger partial charge in [0.05, 0.1) is 17.4 Å². The van der Waals surface area contributed by atoms with Crippen molar-refractivity contribution in [2.45, 2.75) is 38.3 Å². The van der Waals surface area contributed by atoms with Crippen molar-refractivity contribution in [1.29, 1.82) is 0 Å². The summed E-state index contributed by atoms with van der Waals surface area (Å²) in [6.07, 6.45) is 0.268. The molecule has 1 aromatic carbocycles. The minimum atomic E-state index is -3.10. The van der Waals surface area contributed by atoms with Crippen molar-refractivity contribution >= 4 is 39.2 Å². The summed E-state index contributed by atoms with van der Waals surface area (Å²) in [7, 11) is -3.10. The van der Waals surface area contributed by atoms with Crippen LogP contribution >= 0.6 is 11.6 Å². The maximum atomic E-state index is 12.5. The number of ether oxygens (including phenoxy) is 1. The molecule has 2 unspecified atom stereocenters. The van der Waals surface area contributed by atoms with Gasteiger partial charge in [0.1, 0.15) is 0 Å². The van der Waals surface area contributed by atoms with Gasteiger partial charge in [-0.2, -0.15) is 0 Å². The molecule has 30 heavy (non-hydrogen) atoms. The summed E-state index contributed by atoms with van der Waals surface area (Å²) >= 11 is 5.85. The molecular weight excluding hydrogens is 432 g/mol. The van der Waals surface area contributed by atoms with Crippen LogP contribution in [0.2, 0.25) is 5.02 Å². The van der Waals surface area contributed by atoms with E-state index in [1.54, 1.807) is 29.2 Å². The molecular formula is C20H25ClN2O6S. The molecule has 10 heteroatoms. The smallest absolute Gasteiger partial charge is 0.309 e. The van der Waals surface area contributed by atoms with E-state index in [2.05, 4.69) is 5.32 Å². The number of likely N-dealkylation sites (tertiary alicyclic amines) is 1. The van der Waals surface area contributed by atoms with Gasteiger partial charge in [-0.15, -0.1) is 0 Å². The number of carbonyl (C=O) groups excluding carboxylic acids is 3. The SMILES string of the molecule is CC(OC(=O)C1CCN(C(=O)c2ccc(Cl)cc2)CC1)C(=O)NC1CCS(=O)(=O)C1. The van der Waals surface area contributed by atoms with E-state index in [1.807, 2.05) is 0 Å². The summed E-state index contributed by atoms with van der Waals surface area (Å²) in [6.45, 7) is 2.30. The highest BCUT2D eigenvalue weighted by Gasteiger charge is 2.33. The first-order chi connectivity index (χ1) is 14.1. The fourth-order valence-electron chi connectivity index (χ4n) is 3.64. The van der Waals surface area contributed by atoms with Gasteiger partial charge in [-0.25, -0.2) is 8.42 Å². The number of esters is 1. The van der Waals surface area contributed by atoms with E-state index < -0.39 is 33.9 Å². The van der Waals surface area contributed by atoms with Crippen LogP contribution in [0.3, 0.4) is 0 Å². The van der Waals surface area contributed by atoms with Crippen LogP contribution in [0.15, 0.2) is 24.3 Å². The van der Waals surface area contributed by atoms with Crippen LogP contribution in [0, 0.1) is 5.92 Å². The Bertz CT molecular complexity index is 910. The normalized spacial score (nSPS) is 22.3. The monoisotopic (exact) mass is 456 g/mol. The van der Waals surface area contributed by atoms with Crippen molar-refractivity contribution < 1.29 is 27.5 Å². The standard InChI is InChI=1S/C20H25ClN2O6S/c1-13(18(24)22-17-8-11-30(27,28)12-17)29-20(26)15-6-9-23(10-7-15)19(25)14-2-4-16(21)5-3-14/h2-5,13,15,17H,6-12H2,1H3,(H,22,24). The Morgan fingerprint density at radius 1 is 1.13 bits per heavy atom. The Morgan fingerprint density at radius 3 is 2.33 bits per heavy atom. The Labute approximate surface area is 180 Å². The molecule has 8 nitrogen and oxygen atoms in total. The molecule has 0 saturated carbocycles. The Kier molecular flexibility index (Phi) is 7.02. The van der Waals surface area contributed by atoms with Crippen LogP contribution in [0.4, 0.5) is 0 Å². The second-order valence-corrected chi connectivity index (χ2v) is 10.4. The molecule has 0 radical (unpaired) electrons. The van der Waals surface area contributed by atoms with E-state index in [0.717, 1.165) is 0 Å². The van der Waals surface area contributed by atoms with Gasteiger partial charge < -0.3 is 15.0 Å². The minimum Gasteiger partial charge on any atom is -0.452 e. The van der Waals surface area contributed by atoms with Gasteiger partial charge in [0.15, 0.2) is 15.9 Å². The molecule has 0 bridgehead atoms. The predicted molar refractivity (Wildman–Crippen MR) is 111 cm³/mol. The highest BCUT2D eigenvalue weighted by Crippen LogP contribution is 2.22. The average Bonchev–Trinajstić information content (AvgIpc) is 3.06. The molecule has 2 aliphatic rings. The molecule has 2 aliphatic heterocycles. The highest BCUT2D eigenvalue weighted by atomic mass is 35.5. The fraction of sp³-hybridized carbons (Fsp3) is 0.550. The molecule has 1 N–H and O–H groups in total. The number of rotatable bonds is 5. The number of piperidine rings is 1. The lowest BCUT2D eigenvalue weighted by molar-refractivity contribution is -0.160. The largest absolute Gasteiger partial charge is 0.452 e. The zero-order valence-corrected chi connectivity index (χ0v) is 18.2. The summed E-state index contributed by atoms with van der Waals surface area (Å²) in [6, 6.07) is 6.21. The van der Waals surface area contributed by atoms with E-state index in [-0.39, 0.29) is 23.3 Å². The van der Waals surface area contributed by atoms with Gasteiger partial charge in [-0.3, -0.25) is 14.4 Å². The number of benzene rings is 1. The van der Waals surface area contributed by atoms with E-state index in [9.17, 15) is 22.8 Å². The lowest BCUT2D eigenvalue weighted by Gasteiger charge is -2.31. The maximum absolute atomic E-state index is 12.5. The number of hydrogen-bond acceptors (Lipinski definition) is 6. The van der Waals surface area contributed by atoms with Crippen LogP contribution in [0.25, 0.3) is 0 Å². The van der Waals surface area contributed by atoms with E-state index in [1.165, 1.54) is 6.92 Å². The maximum Gasteiger partial charge on any atom is 0.309 e. The van der Waals surface area contributed by atoms with Gasteiger partial charge in [-0.1, -0.05) is 11.6 Å². The van der Waals surface area contributed by atoms with Crippen molar-refractivity contribution in [3.63, 3.8) is 0 Å². The average molecular weight is 457 g/mol. The lowest BCUT2D eigenvalue weighted by Crippen LogP contribution is -2.44. The van der Waals surface area contributed by atoms with Crippen LogP contribution in [-0.2, 0) is 24.2 Å². The van der Waals surface area contributed by atoms with Gasteiger partial charge in [-0.05, 0) is 50.5 Å². The third-order valence-electron chi connectivity index (χ3n) is 5.45. The van der Waals surface area contributed by atoms with Crippen LogP contribution < -0.4 is 5.32 Å². The third-order valence-corrected chi connectivity index (χ3v) is 7.47. The van der Waals surface area contributed by atoms with Gasteiger partial charge >= 0.3 is 5.97 Å². The number of nitrogens with zero attached hydrogens (tertiary/aromatic N) is 1. The van der Waals surface area contributed by atoms with Crippen LogP contribution in [0.1, 0.15) is 36.5 Å². The Hall–Kier alpha value is -2.13. The molecule has 1 aromatic rings. The van der Waals surface area contributed by atoms with Gasteiger partial charge in [0, 0.05) is 29.7 Å². The minimum absolute atomic E-state index is 0.0550. The molecule has 0 aromatic heterocycles. The molecule has 2 saturated heterocycles. The topological polar surface area (TPSA) is 110 Å². The molecule has 2 amide bonds. The molecule has 0 spiro atoms. The van der Waals surface area contributed by atoms with Crippen molar-refractivity contribution in [3.8, 4) is 0 Å². The highest BCUT2D eigenvalue weighted by molar-refractivity contribution is 7.91. The second kappa shape index (κ2) is 9.34. The lowest BCUT2D eigenvalue weighted by atomic mass is 9.96. The number of sulfone groups is 1. The quantitative estimate of drug-likeness (QED) is 0.671. The molecule has 2 fully saturated rings. The predicted octanol–water partition coefficient (Wildman–Crippen LogP) is 1.43. The summed E-state index contributed by atoms with van der Waals surface area (Å²) in [5, 5.41) is 3.19. The molecule has 0 aliphatic carbocycles. The first-order valence-electron chi connectivity index (χ1n) is 9.91. The van der Waals surface area contributed by atoms with Crippen molar-refractivity contribution in [1.82, 2.24) is 10.2 Å². The zero-order valence-electron chi connectivity index (χ0n) is 16.7. The van der Waals surface area contributed by atoms with Crippen molar-refractivity contribution in [2.75, 3.05) is 24.6 Å². The number of carbonyl (C=O) groups is 3. The summed E-state index contributed by atoms with van der Waals surface area (Å²) in [5.74, 6) is -1.51. The first kappa shape index (κ1) is 22.6. The van der Waals surface area contributed by atoms with E-state index in [0.29, 0.717) is 42.9 Å². The summed E-state index contributed by atoms with van der Waals surface area (Å²) in [5.41, 5.74) is 0.541. The van der Waals surface area contributed by atoms with Crippen LogP contribution in [-0.4, -0.2) is 67.8 Å². The fourth-order valence-corrected chi connectivity index (χ4v) is 5.44. The summed E-state index contributed by atoms with van der Waals surface area (Å²) in [4.78, 5) is 38.8. The van der Waals surface area contributed by atoms with E-state index >= 15 is 0 Å². The third kappa shape index (κ3) is 5.72. The van der Waals surface area contributed by atoms with Crippen LogP contribution in [0.5, 0.6) is 0 Å². The molecule has 2 heterocycles. The number of nitrogens with one attached hydrogen (secondary N) is 1. The Morgan fingerprint density at radius 2 is 1.77 bits per heavy atom. The first-order valence-corrected chi connectivity index (χ1v) is 12.1. The van der Waals surface area contributed by atoms with Crippen molar-refractivity contribution in [2.24, 2.45) is 5.92 Å². The van der Waals surface area contributed by atoms with Gasteiger partial charge in [0.2, 0.25) is 0 Å². The molecule has 3 rings (SSSR count). The zero-order chi connectivity index (χ0) is 21.9. The number of amides is 2. The van der Waals surface area contributed by atoms with E-state index in [4.69, 9.17) is 16.3 Å². The number of hydrogen-bond donors (Lipinski definition) is 1. The Balaban J connectivity index is 1.45. The van der Waals surface area contributed by atoms with Crippen molar-refractivity contribution in [3.05, 3.63) is 34.9 Å².